The van der Waals surface area contributed by atoms with Gasteiger partial charge in [-0.25, -0.2) is 8.42 Å². The van der Waals surface area contributed by atoms with Crippen molar-refractivity contribution < 1.29 is 17.9 Å². The number of carbonyl (C=O) groups excluding carboxylic acids is 1. The van der Waals surface area contributed by atoms with Crippen LogP contribution in [0.1, 0.15) is 23.2 Å². The predicted molar refractivity (Wildman–Crippen MR) is 109 cm³/mol. The van der Waals surface area contributed by atoms with E-state index >= 15 is 0 Å². The van der Waals surface area contributed by atoms with Crippen molar-refractivity contribution in [2.24, 2.45) is 0 Å². The lowest BCUT2D eigenvalue weighted by molar-refractivity contribution is 0.0989. The largest absolute Gasteiger partial charge is 0.495 e. The first kappa shape index (κ1) is 20.1. The monoisotopic (exact) mass is 400 g/mol. The van der Waals surface area contributed by atoms with Crippen LogP contribution in [-0.4, -0.2) is 45.4 Å². The van der Waals surface area contributed by atoms with E-state index in [1.54, 1.807) is 17.0 Å². The third-order valence-corrected chi connectivity index (χ3v) is 6.64. The maximum absolute atomic E-state index is 13.2. The number of para-hydroxylation sites is 1. The van der Waals surface area contributed by atoms with Crippen molar-refractivity contribution >= 4 is 21.6 Å². The van der Waals surface area contributed by atoms with Crippen LogP contribution >= 0.6 is 0 Å². The number of anilines is 1. The number of methoxy groups -OCH3 is 1. The molecule has 2 aromatic carbocycles. The summed E-state index contributed by atoms with van der Waals surface area (Å²) in [4.78, 5) is 14.7. The quantitative estimate of drug-likeness (QED) is 0.669. The van der Waals surface area contributed by atoms with Crippen molar-refractivity contribution in [1.82, 2.24) is 4.31 Å². The zero-order valence-electron chi connectivity index (χ0n) is 15.9. The Morgan fingerprint density at radius 3 is 2.46 bits per heavy atom. The van der Waals surface area contributed by atoms with Gasteiger partial charge in [0.25, 0.3) is 5.91 Å². The first-order valence-corrected chi connectivity index (χ1v) is 10.6. The molecule has 6 nitrogen and oxygen atoms in total. The summed E-state index contributed by atoms with van der Waals surface area (Å²) < 4.78 is 32.8. The molecular weight excluding hydrogens is 376 g/mol. The topological polar surface area (TPSA) is 66.9 Å². The molecule has 3 rings (SSSR count). The van der Waals surface area contributed by atoms with Crippen molar-refractivity contribution in [3.63, 3.8) is 0 Å². The molecule has 0 saturated carbocycles. The first-order valence-electron chi connectivity index (χ1n) is 9.15. The number of sulfonamides is 1. The standard InChI is InChI=1S/C21H24N2O4S/c1-3-13-23(18-9-5-4-6-10-18)21(24)17-11-12-19(27-2)20(16-17)28(25,26)22-14-7-8-15-22/h3-6,9-12,16H,1,7-8,13-15H2,2H3. The molecule has 0 unspecified atom stereocenters. The zero-order valence-corrected chi connectivity index (χ0v) is 16.7. The minimum absolute atomic E-state index is 0.0226. The van der Waals surface area contributed by atoms with Crippen LogP contribution < -0.4 is 9.64 Å². The van der Waals surface area contributed by atoms with Gasteiger partial charge in [0, 0.05) is 30.9 Å². The molecule has 28 heavy (non-hydrogen) atoms. The van der Waals surface area contributed by atoms with Gasteiger partial charge in [0.15, 0.2) is 0 Å². The number of rotatable bonds is 7. The lowest BCUT2D eigenvalue weighted by Crippen LogP contribution is -2.32. The van der Waals surface area contributed by atoms with Gasteiger partial charge in [-0.15, -0.1) is 6.58 Å². The van der Waals surface area contributed by atoms with Gasteiger partial charge in [0.1, 0.15) is 10.6 Å². The molecule has 1 amide bonds. The summed E-state index contributed by atoms with van der Waals surface area (Å²) in [5.74, 6) is -0.0648. The molecule has 0 spiro atoms. The Labute approximate surface area is 166 Å². The average molecular weight is 401 g/mol. The molecule has 0 radical (unpaired) electrons. The number of nitrogens with zero attached hydrogens (tertiary/aromatic N) is 2. The summed E-state index contributed by atoms with van der Waals surface area (Å²) in [5, 5.41) is 0. The minimum atomic E-state index is -3.72. The van der Waals surface area contributed by atoms with Crippen LogP contribution in [0.2, 0.25) is 0 Å². The molecule has 2 aromatic rings. The van der Waals surface area contributed by atoms with Crippen molar-refractivity contribution in [1.29, 1.82) is 0 Å². The molecule has 1 heterocycles. The Balaban J connectivity index is 2.02. The molecule has 0 aromatic heterocycles. The molecule has 148 valence electrons. The molecule has 1 fully saturated rings. The van der Waals surface area contributed by atoms with E-state index in [0.717, 1.165) is 12.8 Å². The van der Waals surface area contributed by atoms with E-state index < -0.39 is 10.0 Å². The molecular formula is C21H24N2O4S. The van der Waals surface area contributed by atoms with Crippen LogP contribution in [0.3, 0.4) is 0 Å². The van der Waals surface area contributed by atoms with Crippen LogP contribution in [-0.2, 0) is 10.0 Å². The van der Waals surface area contributed by atoms with Gasteiger partial charge in [0.2, 0.25) is 10.0 Å². The van der Waals surface area contributed by atoms with Gasteiger partial charge < -0.3 is 9.64 Å². The van der Waals surface area contributed by atoms with Crippen LogP contribution in [0.4, 0.5) is 5.69 Å². The summed E-state index contributed by atoms with van der Waals surface area (Å²) >= 11 is 0. The third-order valence-electron chi connectivity index (χ3n) is 4.72. The van der Waals surface area contributed by atoms with Gasteiger partial charge in [-0.2, -0.15) is 4.31 Å². The molecule has 0 aliphatic carbocycles. The van der Waals surface area contributed by atoms with E-state index in [-0.39, 0.29) is 22.1 Å². The Morgan fingerprint density at radius 2 is 1.86 bits per heavy atom. The van der Waals surface area contributed by atoms with Crippen molar-refractivity contribution in [2.75, 3.05) is 31.6 Å². The van der Waals surface area contributed by atoms with Gasteiger partial charge in [0.05, 0.1) is 7.11 Å². The Morgan fingerprint density at radius 1 is 1.18 bits per heavy atom. The van der Waals surface area contributed by atoms with Gasteiger partial charge in [-0.3, -0.25) is 4.79 Å². The lowest BCUT2D eigenvalue weighted by Gasteiger charge is -2.23. The maximum Gasteiger partial charge on any atom is 0.258 e. The highest BCUT2D eigenvalue weighted by Crippen LogP contribution is 2.30. The number of ether oxygens (including phenoxy) is 1. The molecule has 0 bridgehead atoms. The van der Waals surface area contributed by atoms with Gasteiger partial charge in [-0.05, 0) is 43.2 Å². The highest BCUT2D eigenvalue weighted by molar-refractivity contribution is 7.89. The summed E-state index contributed by atoms with van der Waals surface area (Å²) in [6.45, 7) is 5.00. The zero-order chi connectivity index (χ0) is 20.1. The fourth-order valence-electron chi connectivity index (χ4n) is 3.28. The first-order chi connectivity index (χ1) is 13.5. The Bertz CT molecular complexity index is 952. The van der Waals surface area contributed by atoms with E-state index in [4.69, 9.17) is 4.74 Å². The number of carbonyl (C=O) groups is 1. The minimum Gasteiger partial charge on any atom is -0.495 e. The lowest BCUT2D eigenvalue weighted by atomic mass is 10.1. The number of amides is 1. The van der Waals surface area contributed by atoms with E-state index in [1.165, 1.54) is 23.5 Å². The van der Waals surface area contributed by atoms with E-state index in [1.807, 2.05) is 30.3 Å². The fourth-order valence-corrected chi connectivity index (χ4v) is 4.98. The average Bonchev–Trinajstić information content (AvgIpc) is 3.27. The molecule has 1 saturated heterocycles. The van der Waals surface area contributed by atoms with Gasteiger partial charge >= 0.3 is 0 Å². The normalized spacial score (nSPS) is 14.6. The third kappa shape index (κ3) is 3.95. The van der Waals surface area contributed by atoms with Crippen LogP contribution in [0.5, 0.6) is 5.75 Å². The van der Waals surface area contributed by atoms with Crippen molar-refractivity contribution in [2.45, 2.75) is 17.7 Å². The molecule has 7 heteroatoms. The highest BCUT2D eigenvalue weighted by atomic mass is 32.2. The molecule has 1 aliphatic rings. The highest BCUT2D eigenvalue weighted by Gasteiger charge is 2.31. The van der Waals surface area contributed by atoms with Gasteiger partial charge in [-0.1, -0.05) is 24.3 Å². The molecule has 1 aliphatic heterocycles. The van der Waals surface area contributed by atoms with Crippen molar-refractivity contribution in [3.05, 3.63) is 66.7 Å². The number of hydrogen-bond acceptors (Lipinski definition) is 4. The molecule has 0 atom stereocenters. The second-order valence-electron chi connectivity index (χ2n) is 6.52. The smallest absolute Gasteiger partial charge is 0.258 e. The summed E-state index contributed by atoms with van der Waals surface area (Å²) in [6, 6.07) is 13.7. The van der Waals surface area contributed by atoms with E-state index in [2.05, 4.69) is 6.58 Å². The van der Waals surface area contributed by atoms with Crippen molar-refractivity contribution in [3.8, 4) is 5.75 Å². The van der Waals surface area contributed by atoms with Crippen LogP contribution in [0.15, 0.2) is 66.1 Å². The predicted octanol–water partition coefficient (Wildman–Crippen LogP) is 3.31. The number of benzene rings is 2. The summed E-state index contributed by atoms with van der Waals surface area (Å²) in [6.07, 6.45) is 3.30. The summed E-state index contributed by atoms with van der Waals surface area (Å²) in [7, 11) is -2.30. The fraction of sp³-hybridized carbons (Fsp3) is 0.286. The number of hydrogen-bond donors (Lipinski definition) is 0. The second-order valence-corrected chi connectivity index (χ2v) is 8.42. The molecule has 0 N–H and O–H groups in total. The SMILES string of the molecule is C=CCN(C(=O)c1ccc(OC)c(S(=O)(=O)N2CCCC2)c1)c1ccccc1. The summed E-state index contributed by atoms with van der Waals surface area (Å²) in [5.41, 5.74) is 0.997. The second kappa shape index (κ2) is 8.58. The van der Waals surface area contributed by atoms with E-state index in [0.29, 0.717) is 25.3 Å². The van der Waals surface area contributed by atoms with Crippen LogP contribution in [0, 0.1) is 0 Å². The van der Waals surface area contributed by atoms with Crippen LogP contribution in [0.25, 0.3) is 0 Å². The van der Waals surface area contributed by atoms with E-state index in [9.17, 15) is 13.2 Å². The maximum atomic E-state index is 13.2. The Kier molecular flexibility index (Phi) is 6.16. The Hall–Kier alpha value is -2.64.